The van der Waals surface area contributed by atoms with Gasteiger partial charge in [0.2, 0.25) is 5.88 Å². The van der Waals surface area contributed by atoms with Gasteiger partial charge in [-0.05, 0) is 24.3 Å². The fourth-order valence-corrected chi connectivity index (χ4v) is 3.37. The first-order valence-corrected chi connectivity index (χ1v) is 10.2. The summed E-state index contributed by atoms with van der Waals surface area (Å²) in [6.45, 7) is 0.867. The van der Waals surface area contributed by atoms with Crippen LogP contribution in [0, 0.1) is 0 Å². The zero-order valence-corrected chi connectivity index (χ0v) is 15.5. The normalized spacial score (nSPS) is 15.4. The zero-order chi connectivity index (χ0) is 19.4. The maximum atomic E-state index is 11.5. The van der Waals surface area contributed by atoms with Gasteiger partial charge < -0.3 is 20.1 Å². The number of amides is 1. The van der Waals surface area contributed by atoms with Crippen LogP contribution in [0.4, 0.5) is 16.3 Å². The van der Waals surface area contributed by atoms with Crippen molar-refractivity contribution in [3.05, 3.63) is 36.7 Å². The number of aromatic nitrogens is 2. The number of hydrogen-bond donors (Lipinski definition) is 2. The minimum absolute atomic E-state index is 0.0996. The average Bonchev–Trinajstić information content (AvgIpc) is 2.62. The maximum Gasteiger partial charge on any atom is 0.407 e. The number of carboxylic acid groups (broad SMARTS) is 1. The molecule has 1 aromatic carbocycles. The molecule has 10 heteroatoms. The van der Waals surface area contributed by atoms with Crippen molar-refractivity contribution in [3.63, 3.8) is 0 Å². The second-order valence-electron chi connectivity index (χ2n) is 6.25. The summed E-state index contributed by atoms with van der Waals surface area (Å²) in [6.07, 6.45) is 2.72. The van der Waals surface area contributed by atoms with Gasteiger partial charge in [-0.3, -0.25) is 0 Å². The summed E-state index contributed by atoms with van der Waals surface area (Å²) in [7, 11) is -3.24. The Kier molecular flexibility index (Phi) is 5.45. The molecule has 1 saturated heterocycles. The van der Waals surface area contributed by atoms with E-state index in [0.717, 1.165) is 6.26 Å². The Morgan fingerprint density at radius 2 is 1.89 bits per heavy atom. The van der Waals surface area contributed by atoms with Gasteiger partial charge in [0.15, 0.2) is 9.84 Å². The number of nitrogens with zero attached hydrogens (tertiary/aromatic N) is 3. The minimum atomic E-state index is -3.24. The standard InChI is InChI=1S/C17H20N4O5S/c1-27(24,25)14-4-2-12(3-5-14)20-15-10-16(19-11-18-15)26-13-6-8-21(9-7-13)17(22)23/h2-5,10-11,13H,6-9H2,1H3,(H,22,23)(H,18,19,20). The summed E-state index contributed by atoms with van der Waals surface area (Å²) >= 11 is 0. The molecule has 9 nitrogen and oxygen atoms in total. The van der Waals surface area contributed by atoms with Crippen molar-refractivity contribution in [1.82, 2.24) is 14.9 Å². The van der Waals surface area contributed by atoms with Gasteiger partial charge in [-0.1, -0.05) is 0 Å². The summed E-state index contributed by atoms with van der Waals surface area (Å²) in [5.41, 5.74) is 0.682. The number of rotatable bonds is 5. The Bertz CT molecular complexity index is 909. The molecule has 0 bridgehead atoms. The van der Waals surface area contributed by atoms with E-state index in [0.29, 0.717) is 43.3 Å². The van der Waals surface area contributed by atoms with Crippen LogP contribution in [0.15, 0.2) is 41.6 Å². The Morgan fingerprint density at radius 1 is 1.22 bits per heavy atom. The van der Waals surface area contributed by atoms with E-state index in [1.54, 1.807) is 18.2 Å². The molecule has 2 aromatic rings. The van der Waals surface area contributed by atoms with Gasteiger partial charge in [0.25, 0.3) is 0 Å². The summed E-state index contributed by atoms with van der Waals surface area (Å²) < 4.78 is 28.8. The summed E-state index contributed by atoms with van der Waals surface area (Å²) in [6, 6.07) is 7.99. The lowest BCUT2D eigenvalue weighted by molar-refractivity contribution is 0.0870. The van der Waals surface area contributed by atoms with Crippen molar-refractivity contribution in [2.24, 2.45) is 0 Å². The summed E-state index contributed by atoms with van der Waals surface area (Å²) in [4.78, 5) is 20.8. The smallest absolute Gasteiger partial charge is 0.407 e. The van der Waals surface area contributed by atoms with E-state index in [9.17, 15) is 13.2 Å². The summed E-state index contributed by atoms with van der Waals surface area (Å²) in [5.74, 6) is 0.907. The molecule has 0 unspecified atom stereocenters. The number of piperidine rings is 1. The molecule has 0 spiro atoms. The van der Waals surface area contributed by atoms with Crippen LogP contribution in [0.2, 0.25) is 0 Å². The molecule has 1 aliphatic heterocycles. The molecule has 2 N–H and O–H groups in total. The number of nitrogens with one attached hydrogen (secondary N) is 1. The van der Waals surface area contributed by atoms with Gasteiger partial charge in [-0.2, -0.15) is 0 Å². The van der Waals surface area contributed by atoms with Crippen LogP contribution in [0.25, 0.3) is 0 Å². The van der Waals surface area contributed by atoms with E-state index in [4.69, 9.17) is 9.84 Å². The van der Waals surface area contributed by atoms with Crippen LogP contribution in [0.3, 0.4) is 0 Å². The molecule has 1 aromatic heterocycles. The van der Waals surface area contributed by atoms with Crippen LogP contribution in [0.5, 0.6) is 5.88 Å². The lowest BCUT2D eigenvalue weighted by atomic mass is 10.1. The first-order valence-electron chi connectivity index (χ1n) is 8.35. The van der Waals surface area contributed by atoms with Crippen LogP contribution < -0.4 is 10.1 Å². The van der Waals surface area contributed by atoms with Crippen molar-refractivity contribution >= 4 is 27.4 Å². The van der Waals surface area contributed by atoms with Gasteiger partial charge in [-0.25, -0.2) is 23.2 Å². The van der Waals surface area contributed by atoms with Crippen molar-refractivity contribution in [3.8, 4) is 5.88 Å². The number of ether oxygens (including phenoxy) is 1. The third-order valence-corrected chi connectivity index (χ3v) is 5.33. The van der Waals surface area contributed by atoms with E-state index >= 15 is 0 Å². The van der Waals surface area contributed by atoms with Crippen LogP contribution in [0.1, 0.15) is 12.8 Å². The topological polar surface area (TPSA) is 122 Å². The van der Waals surface area contributed by atoms with Gasteiger partial charge in [0.1, 0.15) is 18.2 Å². The molecule has 1 fully saturated rings. The first-order chi connectivity index (χ1) is 12.8. The zero-order valence-electron chi connectivity index (χ0n) is 14.7. The Balaban J connectivity index is 1.61. The van der Waals surface area contributed by atoms with E-state index in [-0.39, 0.29) is 11.0 Å². The highest BCUT2D eigenvalue weighted by Crippen LogP contribution is 2.22. The number of carbonyl (C=O) groups is 1. The molecule has 1 aliphatic rings. The van der Waals surface area contributed by atoms with Crippen LogP contribution >= 0.6 is 0 Å². The number of anilines is 2. The van der Waals surface area contributed by atoms with Gasteiger partial charge in [0, 0.05) is 43.9 Å². The van der Waals surface area contributed by atoms with Crippen LogP contribution in [-0.4, -0.2) is 59.9 Å². The van der Waals surface area contributed by atoms with E-state index in [1.807, 2.05) is 0 Å². The third-order valence-electron chi connectivity index (χ3n) is 4.20. The highest BCUT2D eigenvalue weighted by Gasteiger charge is 2.23. The fraction of sp³-hybridized carbons (Fsp3) is 0.353. The van der Waals surface area contributed by atoms with E-state index < -0.39 is 15.9 Å². The number of hydrogen-bond acceptors (Lipinski definition) is 7. The Labute approximate surface area is 156 Å². The number of sulfone groups is 1. The predicted molar refractivity (Wildman–Crippen MR) is 98.1 cm³/mol. The molecule has 3 rings (SSSR count). The van der Waals surface area contributed by atoms with Crippen molar-refractivity contribution in [2.75, 3.05) is 24.7 Å². The molecule has 1 amide bonds. The molecule has 27 heavy (non-hydrogen) atoms. The molecule has 0 atom stereocenters. The highest BCUT2D eigenvalue weighted by atomic mass is 32.2. The van der Waals surface area contributed by atoms with E-state index in [2.05, 4.69) is 15.3 Å². The molecule has 0 aliphatic carbocycles. The molecular formula is C17H20N4O5S. The summed E-state index contributed by atoms with van der Waals surface area (Å²) in [5, 5.41) is 12.0. The quantitative estimate of drug-likeness (QED) is 0.794. The first kappa shape index (κ1) is 18.9. The maximum absolute atomic E-state index is 11.5. The number of benzene rings is 1. The fourth-order valence-electron chi connectivity index (χ4n) is 2.74. The van der Waals surface area contributed by atoms with Crippen molar-refractivity contribution < 1.29 is 23.1 Å². The Morgan fingerprint density at radius 3 is 2.48 bits per heavy atom. The van der Waals surface area contributed by atoms with Gasteiger partial charge in [-0.15, -0.1) is 0 Å². The molecular weight excluding hydrogens is 372 g/mol. The van der Waals surface area contributed by atoms with Crippen molar-refractivity contribution in [2.45, 2.75) is 23.8 Å². The second-order valence-corrected chi connectivity index (χ2v) is 8.27. The molecule has 144 valence electrons. The molecule has 2 heterocycles. The minimum Gasteiger partial charge on any atom is -0.474 e. The molecule has 0 radical (unpaired) electrons. The SMILES string of the molecule is CS(=O)(=O)c1ccc(Nc2cc(OC3CCN(C(=O)O)CC3)ncn2)cc1. The highest BCUT2D eigenvalue weighted by molar-refractivity contribution is 7.90. The largest absolute Gasteiger partial charge is 0.474 e. The Hall–Kier alpha value is -2.88. The van der Waals surface area contributed by atoms with Crippen molar-refractivity contribution in [1.29, 1.82) is 0 Å². The van der Waals surface area contributed by atoms with Gasteiger partial charge >= 0.3 is 6.09 Å². The van der Waals surface area contributed by atoms with Crippen LogP contribution in [-0.2, 0) is 9.84 Å². The monoisotopic (exact) mass is 392 g/mol. The predicted octanol–water partition coefficient (Wildman–Crippen LogP) is 2.14. The lowest BCUT2D eigenvalue weighted by Gasteiger charge is -2.29. The second kappa shape index (κ2) is 7.78. The van der Waals surface area contributed by atoms with E-state index in [1.165, 1.54) is 23.4 Å². The number of likely N-dealkylation sites (tertiary alicyclic amines) is 1. The molecule has 0 saturated carbocycles. The lowest BCUT2D eigenvalue weighted by Crippen LogP contribution is -2.41. The van der Waals surface area contributed by atoms with Gasteiger partial charge in [0.05, 0.1) is 4.90 Å². The average molecular weight is 392 g/mol. The third kappa shape index (κ3) is 5.07.